The minimum atomic E-state index is -0.954. The summed E-state index contributed by atoms with van der Waals surface area (Å²) in [5.74, 6) is -1.87. The Labute approximate surface area is 115 Å². The highest BCUT2D eigenvalue weighted by atomic mass is 19.2. The van der Waals surface area contributed by atoms with Crippen LogP contribution in [0.2, 0.25) is 0 Å². The Balaban J connectivity index is 2.01. The number of rotatable bonds is 1. The molecule has 108 valence electrons. The first-order valence-corrected chi connectivity index (χ1v) is 6.75. The zero-order valence-corrected chi connectivity index (χ0v) is 11.0. The van der Waals surface area contributed by atoms with E-state index >= 15 is 0 Å². The molecule has 0 aliphatic carbocycles. The first-order valence-electron chi connectivity index (χ1n) is 6.75. The Morgan fingerprint density at radius 2 is 1.90 bits per heavy atom. The molecular formula is C14H16F2N2O2. The highest BCUT2D eigenvalue weighted by molar-refractivity contribution is 5.90. The van der Waals surface area contributed by atoms with Crippen LogP contribution < -0.4 is 10.2 Å². The minimum Gasteiger partial charge on any atom is -0.449 e. The lowest BCUT2D eigenvalue weighted by atomic mass is 9.82. The van der Waals surface area contributed by atoms with E-state index in [0.29, 0.717) is 18.7 Å². The maximum absolute atomic E-state index is 13.5. The molecule has 1 spiro atoms. The topological polar surface area (TPSA) is 41.6 Å². The van der Waals surface area contributed by atoms with Gasteiger partial charge in [0.25, 0.3) is 0 Å². The van der Waals surface area contributed by atoms with Crippen molar-refractivity contribution in [2.45, 2.75) is 24.8 Å². The molecule has 1 amide bonds. The first-order chi connectivity index (χ1) is 9.62. The minimum absolute atomic E-state index is 0.356. The molecule has 2 aliphatic rings. The monoisotopic (exact) mass is 282 g/mol. The number of hydrogen-bond acceptors (Lipinski definition) is 3. The van der Waals surface area contributed by atoms with Crippen molar-refractivity contribution in [3.8, 4) is 0 Å². The van der Waals surface area contributed by atoms with Crippen molar-refractivity contribution < 1.29 is 18.3 Å². The van der Waals surface area contributed by atoms with Gasteiger partial charge in [0, 0.05) is 12.5 Å². The Bertz CT molecular complexity index is 524. The van der Waals surface area contributed by atoms with E-state index in [1.165, 1.54) is 11.0 Å². The second-order valence-corrected chi connectivity index (χ2v) is 5.27. The molecule has 1 N–H and O–H groups in total. The number of nitrogens with zero attached hydrogens (tertiary/aromatic N) is 1. The number of nitrogens with one attached hydrogen (secondary N) is 1. The van der Waals surface area contributed by atoms with Gasteiger partial charge in [-0.1, -0.05) is 0 Å². The van der Waals surface area contributed by atoms with E-state index in [2.05, 4.69) is 5.32 Å². The smallest absolute Gasteiger partial charge is 0.414 e. The van der Waals surface area contributed by atoms with E-state index < -0.39 is 17.7 Å². The number of piperidine rings is 1. The Kier molecular flexibility index (Phi) is 3.33. The van der Waals surface area contributed by atoms with Crippen LogP contribution in [0, 0.1) is 11.6 Å². The predicted octanol–water partition coefficient (Wildman–Crippen LogP) is 2.43. The lowest BCUT2D eigenvalue weighted by Crippen LogP contribution is -2.60. The molecule has 2 heterocycles. The lowest BCUT2D eigenvalue weighted by Gasteiger charge is -2.48. The molecular weight excluding hydrogens is 266 g/mol. The zero-order valence-electron chi connectivity index (χ0n) is 11.0. The number of anilines is 1. The lowest BCUT2D eigenvalue weighted by molar-refractivity contribution is 0.0953. The van der Waals surface area contributed by atoms with Crippen molar-refractivity contribution in [1.29, 1.82) is 0 Å². The summed E-state index contributed by atoms with van der Waals surface area (Å²) in [6, 6.07) is 3.53. The molecule has 6 heteroatoms. The van der Waals surface area contributed by atoms with Crippen LogP contribution in [-0.4, -0.2) is 31.3 Å². The van der Waals surface area contributed by atoms with Gasteiger partial charge in [0.05, 0.1) is 17.8 Å². The maximum atomic E-state index is 13.5. The normalized spacial score (nSPS) is 21.9. The van der Waals surface area contributed by atoms with Crippen LogP contribution in [0.25, 0.3) is 0 Å². The molecule has 2 aliphatic heterocycles. The third-order valence-electron chi connectivity index (χ3n) is 4.15. The molecule has 1 aromatic rings. The summed E-state index contributed by atoms with van der Waals surface area (Å²) in [5.41, 5.74) is 0.000648. The number of hydrogen-bond donors (Lipinski definition) is 1. The van der Waals surface area contributed by atoms with Gasteiger partial charge in [-0.2, -0.15) is 0 Å². The molecule has 0 atom stereocenters. The van der Waals surface area contributed by atoms with Crippen LogP contribution >= 0.6 is 0 Å². The quantitative estimate of drug-likeness (QED) is 0.860. The SMILES string of the molecule is O=C1OCCC2(CCNCC2)N1c1ccc(F)c(F)c1. The van der Waals surface area contributed by atoms with Gasteiger partial charge in [0.1, 0.15) is 0 Å². The van der Waals surface area contributed by atoms with Crippen LogP contribution in [0.1, 0.15) is 19.3 Å². The summed E-state index contributed by atoms with van der Waals surface area (Å²) in [6.45, 7) is 1.97. The number of halogens is 2. The van der Waals surface area contributed by atoms with Crippen LogP contribution in [0.3, 0.4) is 0 Å². The maximum Gasteiger partial charge on any atom is 0.414 e. The first kappa shape index (κ1) is 13.3. The molecule has 4 nitrogen and oxygen atoms in total. The van der Waals surface area contributed by atoms with Crippen LogP contribution in [0.5, 0.6) is 0 Å². The zero-order chi connectivity index (χ0) is 14.2. The van der Waals surface area contributed by atoms with E-state index in [-0.39, 0.29) is 5.54 Å². The van der Waals surface area contributed by atoms with E-state index in [9.17, 15) is 13.6 Å². The van der Waals surface area contributed by atoms with Gasteiger partial charge in [-0.3, -0.25) is 4.90 Å². The Hall–Kier alpha value is -1.69. The number of amides is 1. The molecule has 0 aromatic heterocycles. The number of carbonyl (C=O) groups excluding carboxylic acids is 1. The third-order valence-corrected chi connectivity index (χ3v) is 4.15. The van der Waals surface area contributed by atoms with Gasteiger partial charge in [-0.25, -0.2) is 13.6 Å². The molecule has 3 rings (SSSR count). The summed E-state index contributed by atoms with van der Waals surface area (Å²) in [6.07, 6.45) is 1.78. The van der Waals surface area contributed by atoms with E-state index in [4.69, 9.17) is 4.74 Å². The van der Waals surface area contributed by atoms with Crippen LogP contribution in [-0.2, 0) is 4.74 Å². The fourth-order valence-corrected chi connectivity index (χ4v) is 3.07. The van der Waals surface area contributed by atoms with Gasteiger partial charge in [-0.15, -0.1) is 0 Å². The molecule has 2 fully saturated rings. The van der Waals surface area contributed by atoms with Gasteiger partial charge in [0.2, 0.25) is 0 Å². The molecule has 0 unspecified atom stereocenters. The summed E-state index contributed by atoms with van der Waals surface area (Å²) in [5, 5.41) is 3.25. The summed E-state index contributed by atoms with van der Waals surface area (Å²) in [7, 11) is 0. The van der Waals surface area contributed by atoms with Crippen LogP contribution in [0.4, 0.5) is 19.3 Å². The second-order valence-electron chi connectivity index (χ2n) is 5.27. The fourth-order valence-electron chi connectivity index (χ4n) is 3.07. The van der Waals surface area contributed by atoms with Crippen molar-refractivity contribution in [2.75, 3.05) is 24.6 Å². The van der Waals surface area contributed by atoms with Gasteiger partial charge >= 0.3 is 6.09 Å². The number of carbonyl (C=O) groups is 1. The van der Waals surface area contributed by atoms with Crippen molar-refractivity contribution in [2.24, 2.45) is 0 Å². The number of cyclic esters (lactones) is 1. The Morgan fingerprint density at radius 1 is 1.15 bits per heavy atom. The highest BCUT2D eigenvalue weighted by Gasteiger charge is 2.45. The number of ether oxygens (including phenoxy) is 1. The summed E-state index contributed by atoms with van der Waals surface area (Å²) in [4.78, 5) is 13.6. The largest absolute Gasteiger partial charge is 0.449 e. The molecule has 1 aromatic carbocycles. The summed E-state index contributed by atoms with van der Waals surface area (Å²) < 4.78 is 31.6. The average molecular weight is 282 g/mol. The van der Waals surface area contributed by atoms with Crippen molar-refractivity contribution >= 4 is 11.8 Å². The third kappa shape index (κ3) is 2.14. The average Bonchev–Trinajstić information content (AvgIpc) is 2.43. The fraction of sp³-hybridized carbons (Fsp3) is 0.500. The van der Waals surface area contributed by atoms with Crippen molar-refractivity contribution in [3.05, 3.63) is 29.8 Å². The highest BCUT2D eigenvalue weighted by Crippen LogP contribution is 2.38. The molecule has 0 bridgehead atoms. The second kappa shape index (κ2) is 5.01. The number of benzene rings is 1. The van der Waals surface area contributed by atoms with E-state index in [1.807, 2.05) is 0 Å². The molecule has 2 saturated heterocycles. The molecule has 20 heavy (non-hydrogen) atoms. The summed E-state index contributed by atoms with van der Waals surface area (Å²) >= 11 is 0. The van der Waals surface area contributed by atoms with Crippen molar-refractivity contribution in [1.82, 2.24) is 5.32 Å². The van der Waals surface area contributed by atoms with E-state index in [0.717, 1.165) is 38.1 Å². The standard InChI is InChI=1S/C14H16F2N2O2/c15-11-2-1-10(9-12(11)16)18-13(19)20-8-5-14(18)3-6-17-7-4-14/h1-2,9,17H,3-8H2. The van der Waals surface area contributed by atoms with Gasteiger partial charge in [0.15, 0.2) is 11.6 Å². The van der Waals surface area contributed by atoms with Gasteiger partial charge in [-0.05, 0) is 38.1 Å². The Morgan fingerprint density at radius 3 is 2.60 bits per heavy atom. The van der Waals surface area contributed by atoms with Crippen LogP contribution in [0.15, 0.2) is 18.2 Å². The van der Waals surface area contributed by atoms with Crippen molar-refractivity contribution in [3.63, 3.8) is 0 Å². The van der Waals surface area contributed by atoms with Gasteiger partial charge < -0.3 is 10.1 Å². The van der Waals surface area contributed by atoms with E-state index in [1.54, 1.807) is 0 Å². The molecule has 0 radical (unpaired) electrons. The molecule has 0 saturated carbocycles. The predicted molar refractivity (Wildman–Crippen MR) is 69.6 cm³/mol.